The first-order chi connectivity index (χ1) is 9.06. The van der Waals surface area contributed by atoms with Gasteiger partial charge >= 0.3 is 12.0 Å². The van der Waals surface area contributed by atoms with E-state index in [2.05, 4.69) is 15.5 Å². The van der Waals surface area contributed by atoms with E-state index in [9.17, 15) is 9.59 Å². The van der Waals surface area contributed by atoms with E-state index in [0.717, 1.165) is 17.8 Å². The smallest absolute Gasteiger partial charge is 0.324 e. The third kappa shape index (κ3) is 2.05. The topological polar surface area (TPSA) is 95.4 Å². The van der Waals surface area contributed by atoms with Crippen LogP contribution in [-0.4, -0.2) is 44.3 Å². The number of aryl methyl sites for hydroxylation is 1. The van der Waals surface area contributed by atoms with Crippen LogP contribution in [0.25, 0.3) is 0 Å². The Labute approximate surface area is 113 Å². The average molecular weight is 282 g/mol. The number of amides is 2. The molecule has 2 N–H and O–H groups in total. The van der Waals surface area contributed by atoms with Crippen LogP contribution in [0.2, 0.25) is 0 Å². The minimum Gasteiger partial charge on any atom is -0.481 e. The van der Waals surface area contributed by atoms with Crippen LogP contribution in [0.1, 0.15) is 24.3 Å². The lowest BCUT2D eigenvalue weighted by Crippen LogP contribution is -2.40. The zero-order valence-corrected chi connectivity index (χ0v) is 11.2. The van der Waals surface area contributed by atoms with E-state index in [1.807, 2.05) is 6.92 Å². The molecule has 1 aromatic rings. The fourth-order valence-corrected chi connectivity index (χ4v) is 3.66. The van der Waals surface area contributed by atoms with Crippen LogP contribution in [0.15, 0.2) is 0 Å². The molecule has 7 nitrogen and oxygen atoms in total. The second-order valence-electron chi connectivity index (χ2n) is 4.94. The lowest BCUT2D eigenvalue weighted by Gasteiger charge is -2.22. The van der Waals surface area contributed by atoms with E-state index in [-0.39, 0.29) is 18.1 Å². The van der Waals surface area contributed by atoms with E-state index >= 15 is 0 Å². The summed E-state index contributed by atoms with van der Waals surface area (Å²) in [4.78, 5) is 25.0. The number of carboxylic acids is 1. The van der Waals surface area contributed by atoms with Gasteiger partial charge in [0.05, 0.1) is 5.92 Å². The normalized spacial score (nSPS) is 28.7. The van der Waals surface area contributed by atoms with Gasteiger partial charge in [-0.1, -0.05) is 11.3 Å². The number of rotatable bonds is 2. The van der Waals surface area contributed by atoms with Crippen molar-refractivity contribution in [3.63, 3.8) is 0 Å². The van der Waals surface area contributed by atoms with Crippen molar-refractivity contribution in [3.8, 4) is 0 Å². The molecular weight excluding hydrogens is 268 g/mol. The van der Waals surface area contributed by atoms with Gasteiger partial charge in [0.15, 0.2) is 0 Å². The lowest BCUT2D eigenvalue weighted by atomic mass is 9.89. The van der Waals surface area contributed by atoms with Crippen LogP contribution in [0.4, 0.5) is 9.93 Å². The number of aliphatic carboxylic acids is 1. The van der Waals surface area contributed by atoms with Crippen LogP contribution in [0.5, 0.6) is 0 Å². The minimum atomic E-state index is -0.809. The number of hydrogen-bond donors (Lipinski definition) is 2. The van der Waals surface area contributed by atoms with Gasteiger partial charge < -0.3 is 10.0 Å². The molecule has 0 aliphatic carbocycles. The molecule has 2 amide bonds. The predicted molar refractivity (Wildman–Crippen MR) is 68.1 cm³/mol. The molecule has 2 bridgehead atoms. The standard InChI is InChI=1S/C11H14N4O3S/c1-5-13-14-10(19-5)12-11(18)15-6-2-3-8(15)7(4-6)9(16)17/h6-8H,2-4H2,1H3,(H,16,17)(H,12,14,18). The third-order valence-electron chi connectivity index (χ3n) is 3.83. The van der Waals surface area contributed by atoms with E-state index in [1.54, 1.807) is 4.90 Å². The zero-order valence-electron chi connectivity index (χ0n) is 10.4. The van der Waals surface area contributed by atoms with Crippen molar-refractivity contribution in [2.24, 2.45) is 5.92 Å². The first kappa shape index (κ1) is 12.3. The highest BCUT2D eigenvalue weighted by Gasteiger charge is 2.51. The van der Waals surface area contributed by atoms with Gasteiger partial charge in [0, 0.05) is 12.1 Å². The Morgan fingerprint density at radius 1 is 1.42 bits per heavy atom. The monoisotopic (exact) mass is 282 g/mol. The van der Waals surface area contributed by atoms with Gasteiger partial charge in [-0.05, 0) is 26.2 Å². The van der Waals surface area contributed by atoms with Crippen LogP contribution in [0, 0.1) is 12.8 Å². The third-order valence-corrected chi connectivity index (χ3v) is 4.58. The maximum absolute atomic E-state index is 12.2. The number of aromatic nitrogens is 2. The summed E-state index contributed by atoms with van der Waals surface area (Å²) >= 11 is 1.31. The minimum absolute atomic E-state index is 0.0418. The van der Waals surface area contributed by atoms with Gasteiger partial charge in [0.2, 0.25) is 5.13 Å². The summed E-state index contributed by atoms with van der Waals surface area (Å²) in [6.07, 6.45) is 2.21. The maximum Gasteiger partial charge on any atom is 0.324 e. The Bertz CT molecular complexity index is 532. The van der Waals surface area contributed by atoms with E-state index < -0.39 is 11.9 Å². The first-order valence-electron chi connectivity index (χ1n) is 6.18. The Hall–Kier alpha value is -1.70. The molecular formula is C11H14N4O3S. The number of fused-ring (bicyclic) bond motifs is 2. The summed E-state index contributed by atoms with van der Waals surface area (Å²) < 4.78 is 0. The van der Waals surface area contributed by atoms with Crippen molar-refractivity contribution < 1.29 is 14.7 Å². The van der Waals surface area contributed by atoms with Gasteiger partial charge in [0.1, 0.15) is 5.01 Å². The molecule has 3 heterocycles. The van der Waals surface area contributed by atoms with Crippen LogP contribution in [-0.2, 0) is 4.79 Å². The number of nitrogens with one attached hydrogen (secondary N) is 1. The molecule has 102 valence electrons. The highest BCUT2D eigenvalue weighted by Crippen LogP contribution is 2.42. The SMILES string of the molecule is Cc1nnc(NC(=O)N2C3CCC2C(C(=O)O)C3)s1. The van der Waals surface area contributed by atoms with Gasteiger partial charge in [-0.25, -0.2) is 4.79 Å². The van der Waals surface area contributed by atoms with Crippen molar-refractivity contribution in [2.45, 2.75) is 38.3 Å². The largest absolute Gasteiger partial charge is 0.481 e. The molecule has 2 saturated heterocycles. The maximum atomic E-state index is 12.2. The number of nitrogens with zero attached hydrogens (tertiary/aromatic N) is 3. The summed E-state index contributed by atoms with van der Waals surface area (Å²) in [6, 6.07) is -0.399. The number of carbonyl (C=O) groups is 2. The molecule has 2 aliphatic rings. The number of carbonyl (C=O) groups excluding carboxylic acids is 1. The fraction of sp³-hybridized carbons (Fsp3) is 0.636. The van der Waals surface area contributed by atoms with Gasteiger partial charge in [-0.15, -0.1) is 10.2 Å². The number of anilines is 1. The molecule has 0 saturated carbocycles. The number of hydrogen-bond acceptors (Lipinski definition) is 5. The highest BCUT2D eigenvalue weighted by molar-refractivity contribution is 7.15. The Morgan fingerprint density at radius 2 is 2.21 bits per heavy atom. The molecule has 1 aromatic heterocycles. The molecule has 3 unspecified atom stereocenters. The van der Waals surface area contributed by atoms with Crippen LogP contribution < -0.4 is 5.32 Å². The molecule has 2 fully saturated rings. The number of urea groups is 1. The Kier molecular flexibility index (Phi) is 2.89. The average Bonchev–Trinajstić information content (AvgIpc) is 3.02. The van der Waals surface area contributed by atoms with E-state index in [4.69, 9.17) is 5.11 Å². The van der Waals surface area contributed by atoms with Crippen molar-refractivity contribution in [2.75, 3.05) is 5.32 Å². The molecule has 0 aromatic carbocycles. The van der Waals surface area contributed by atoms with Gasteiger partial charge in [0.25, 0.3) is 0 Å². The van der Waals surface area contributed by atoms with Crippen LogP contribution in [0.3, 0.4) is 0 Å². The van der Waals surface area contributed by atoms with Crippen molar-refractivity contribution >= 4 is 28.5 Å². The first-order valence-corrected chi connectivity index (χ1v) is 7.00. The highest BCUT2D eigenvalue weighted by atomic mass is 32.1. The Balaban J connectivity index is 1.72. The predicted octanol–water partition coefficient (Wildman–Crippen LogP) is 1.32. The Morgan fingerprint density at radius 3 is 2.79 bits per heavy atom. The fourth-order valence-electron chi connectivity index (χ4n) is 3.07. The molecule has 3 atom stereocenters. The molecule has 19 heavy (non-hydrogen) atoms. The molecule has 8 heteroatoms. The quantitative estimate of drug-likeness (QED) is 0.852. The number of carboxylic acid groups (broad SMARTS) is 1. The summed E-state index contributed by atoms with van der Waals surface area (Å²) in [5.74, 6) is -1.24. The summed E-state index contributed by atoms with van der Waals surface area (Å²) in [5.41, 5.74) is 0. The zero-order chi connectivity index (χ0) is 13.6. The van der Waals surface area contributed by atoms with E-state index in [1.165, 1.54) is 11.3 Å². The summed E-state index contributed by atoms with van der Waals surface area (Å²) in [6.45, 7) is 1.81. The van der Waals surface area contributed by atoms with Crippen LogP contribution >= 0.6 is 11.3 Å². The van der Waals surface area contributed by atoms with Crippen molar-refractivity contribution in [3.05, 3.63) is 5.01 Å². The summed E-state index contributed by atoms with van der Waals surface area (Å²) in [7, 11) is 0. The lowest BCUT2D eigenvalue weighted by molar-refractivity contribution is -0.142. The molecule has 0 radical (unpaired) electrons. The van der Waals surface area contributed by atoms with E-state index in [0.29, 0.717) is 11.6 Å². The second kappa shape index (κ2) is 4.44. The summed E-state index contributed by atoms with van der Waals surface area (Å²) in [5, 5.41) is 20.8. The molecule has 2 aliphatic heterocycles. The van der Waals surface area contributed by atoms with Crippen molar-refractivity contribution in [1.29, 1.82) is 0 Å². The van der Waals surface area contributed by atoms with Crippen molar-refractivity contribution in [1.82, 2.24) is 15.1 Å². The molecule has 3 rings (SSSR count). The molecule has 0 spiro atoms. The van der Waals surface area contributed by atoms with Gasteiger partial charge in [-0.2, -0.15) is 0 Å². The second-order valence-corrected chi connectivity index (χ2v) is 6.12. The van der Waals surface area contributed by atoms with Gasteiger partial charge in [-0.3, -0.25) is 10.1 Å².